The summed E-state index contributed by atoms with van der Waals surface area (Å²) < 4.78 is 6.14. The van der Waals surface area contributed by atoms with Gasteiger partial charge in [-0.25, -0.2) is 0 Å². The first-order chi connectivity index (χ1) is 9.47. The van der Waals surface area contributed by atoms with E-state index in [4.69, 9.17) is 4.74 Å². The van der Waals surface area contributed by atoms with Crippen LogP contribution >= 0.6 is 15.9 Å². The Kier molecular flexibility index (Phi) is 6.75. The third-order valence-corrected chi connectivity index (χ3v) is 3.43. The number of aliphatic hydroxyl groups excluding tert-OH is 1. The van der Waals surface area contributed by atoms with Crippen molar-refractivity contribution in [3.05, 3.63) is 34.3 Å². The number of hydrogen-bond donors (Lipinski definition) is 2. The van der Waals surface area contributed by atoms with Gasteiger partial charge in [-0.2, -0.15) is 0 Å². The first-order valence-electron chi connectivity index (χ1n) is 6.41. The average molecular weight is 342 g/mol. The fourth-order valence-corrected chi connectivity index (χ4v) is 2.03. The molecule has 0 bridgehead atoms. The molecule has 0 unspecified atom stereocenters. The number of benzene rings is 1. The molecule has 0 aliphatic carbocycles. The lowest BCUT2D eigenvalue weighted by molar-refractivity contribution is -0.117. The van der Waals surface area contributed by atoms with Gasteiger partial charge in [-0.05, 0) is 30.2 Å². The Balaban J connectivity index is 2.77. The molecule has 1 aromatic carbocycles. The number of rotatable bonds is 6. The molecule has 4 nitrogen and oxygen atoms in total. The number of halogens is 1. The maximum atomic E-state index is 11.8. The van der Waals surface area contributed by atoms with Gasteiger partial charge < -0.3 is 15.2 Å². The Bertz CT molecular complexity index is 486. The first kappa shape index (κ1) is 16.7. The third-order valence-electron chi connectivity index (χ3n) is 2.94. The van der Waals surface area contributed by atoms with Crippen LogP contribution < -0.4 is 10.1 Å². The topological polar surface area (TPSA) is 58.6 Å². The van der Waals surface area contributed by atoms with Gasteiger partial charge in [-0.3, -0.25) is 4.79 Å². The van der Waals surface area contributed by atoms with E-state index in [-0.39, 0.29) is 24.5 Å². The maximum Gasteiger partial charge on any atom is 0.244 e. The van der Waals surface area contributed by atoms with E-state index in [1.165, 1.54) is 6.08 Å². The van der Waals surface area contributed by atoms with Crippen molar-refractivity contribution in [3.63, 3.8) is 0 Å². The van der Waals surface area contributed by atoms with Gasteiger partial charge in [0.1, 0.15) is 5.75 Å². The lowest BCUT2D eigenvalue weighted by atomic mass is 10.1. The highest BCUT2D eigenvalue weighted by atomic mass is 79.9. The standard InChI is InChI=1S/C15H20BrNO3/c1-10(2)13(9-18)17-15(19)7-4-11-8-12(16)5-6-14(11)20-3/h4-8,10,13,18H,9H2,1-3H3,(H,17,19)/t13-/m1/s1. The number of hydrogen-bond acceptors (Lipinski definition) is 3. The number of aliphatic hydroxyl groups is 1. The molecule has 0 saturated carbocycles. The number of nitrogens with one attached hydrogen (secondary N) is 1. The summed E-state index contributed by atoms with van der Waals surface area (Å²) in [5, 5.41) is 11.9. The van der Waals surface area contributed by atoms with E-state index < -0.39 is 0 Å². The Morgan fingerprint density at radius 1 is 1.50 bits per heavy atom. The number of ether oxygens (including phenoxy) is 1. The molecule has 1 atom stereocenters. The summed E-state index contributed by atoms with van der Waals surface area (Å²) >= 11 is 3.38. The second-order valence-electron chi connectivity index (χ2n) is 4.76. The van der Waals surface area contributed by atoms with Crippen molar-refractivity contribution in [3.8, 4) is 5.75 Å². The Labute approximate surface area is 128 Å². The molecule has 1 amide bonds. The van der Waals surface area contributed by atoms with Gasteiger partial charge in [0.15, 0.2) is 0 Å². The Morgan fingerprint density at radius 2 is 2.20 bits per heavy atom. The van der Waals surface area contributed by atoms with E-state index >= 15 is 0 Å². The summed E-state index contributed by atoms with van der Waals surface area (Å²) in [6, 6.07) is 5.33. The summed E-state index contributed by atoms with van der Waals surface area (Å²) in [6.45, 7) is 3.82. The van der Waals surface area contributed by atoms with Crippen molar-refractivity contribution in [1.29, 1.82) is 0 Å². The predicted molar refractivity (Wildman–Crippen MR) is 83.6 cm³/mol. The van der Waals surface area contributed by atoms with Crippen LogP contribution in [0.1, 0.15) is 19.4 Å². The molecule has 0 spiro atoms. The SMILES string of the molecule is COc1ccc(Br)cc1C=CC(=O)N[C@H](CO)C(C)C. The van der Waals surface area contributed by atoms with Gasteiger partial charge in [0.2, 0.25) is 5.91 Å². The van der Waals surface area contributed by atoms with Gasteiger partial charge in [-0.15, -0.1) is 0 Å². The van der Waals surface area contributed by atoms with E-state index in [0.29, 0.717) is 5.75 Å². The quantitative estimate of drug-likeness (QED) is 0.782. The minimum Gasteiger partial charge on any atom is -0.496 e. The van der Waals surface area contributed by atoms with Gasteiger partial charge in [0.25, 0.3) is 0 Å². The van der Waals surface area contributed by atoms with Crippen LogP contribution in [0.2, 0.25) is 0 Å². The second kappa shape index (κ2) is 8.07. The smallest absolute Gasteiger partial charge is 0.244 e. The van der Waals surface area contributed by atoms with E-state index in [9.17, 15) is 9.90 Å². The predicted octanol–water partition coefficient (Wildman–Crippen LogP) is 2.60. The molecule has 20 heavy (non-hydrogen) atoms. The van der Waals surface area contributed by atoms with Crippen molar-refractivity contribution in [2.24, 2.45) is 5.92 Å². The van der Waals surface area contributed by atoms with Crippen LogP contribution in [0, 0.1) is 5.92 Å². The van der Waals surface area contributed by atoms with Crippen molar-refractivity contribution in [2.45, 2.75) is 19.9 Å². The molecule has 0 aliphatic heterocycles. The summed E-state index contributed by atoms with van der Waals surface area (Å²) in [6.07, 6.45) is 3.13. The Hall–Kier alpha value is -1.33. The van der Waals surface area contributed by atoms with Crippen LogP contribution in [-0.2, 0) is 4.79 Å². The minimum atomic E-state index is -0.239. The lowest BCUT2D eigenvalue weighted by Crippen LogP contribution is -2.40. The monoisotopic (exact) mass is 341 g/mol. The molecule has 1 rings (SSSR count). The number of carbonyl (C=O) groups excluding carboxylic acids is 1. The fraction of sp³-hybridized carbons (Fsp3) is 0.400. The van der Waals surface area contributed by atoms with E-state index in [0.717, 1.165) is 10.0 Å². The molecular formula is C15H20BrNO3. The lowest BCUT2D eigenvalue weighted by Gasteiger charge is -2.18. The largest absolute Gasteiger partial charge is 0.496 e. The zero-order valence-electron chi connectivity index (χ0n) is 11.9. The molecule has 0 aromatic heterocycles. The molecule has 0 fully saturated rings. The second-order valence-corrected chi connectivity index (χ2v) is 5.68. The van der Waals surface area contributed by atoms with Crippen LogP contribution in [0.4, 0.5) is 0 Å². The minimum absolute atomic E-state index is 0.0720. The van der Waals surface area contributed by atoms with Crippen molar-refractivity contribution in [2.75, 3.05) is 13.7 Å². The number of amides is 1. The number of methoxy groups -OCH3 is 1. The van der Waals surface area contributed by atoms with Crippen LogP contribution in [-0.4, -0.2) is 30.8 Å². The highest BCUT2D eigenvalue weighted by Crippen LogP contribution is 2.24. The molecule has 1 aromatic rings. The van der Waals surface area contributed by atoms with E-state index in [2.05, 4.69) is 21.2 Å². The van der Waals surface area contributed by atoms with E-state index in [1.54, 1.807) is 13.2 Å². The van der Waals surface area contributed by atoms with Crippen molar-refractivity contribution >= 4 is 27.9 Å². The summed E-state index contributed by atoms with van der Waals surface area (Å²) in [5.74, 6) is 0.636. The zero-order valence-corrected chi connectivity index (χ0v) is 13.5. The average Bonchev–Trinajstić information content (AvgIpc) is 2.42. The summed E-state index contributed by atoms with van der Waals surface area (Å²) in [7, 11) is 1.58. The highest BCUT2D eigenvalue weighted by molar-refractivity contribution is 9.10. The molecule has 2 N–H and O–H groups in total. The van der Waals surface area contributed by atoms with Crippen LogP contribution in [0.5, 0.6) is 5.75 Å². The van der Waals surface area contributed by atoms with Gasteiger partial charge >= 0.3 is 0 Å². The molecule has 0 heterocycles. The first-order valence-corrected chi connectivity index (χ1v) is 7.20. The Morgan fingerprint density at radius 3 is 2.75 bits per heavy atom. The highest BCUT2D eigenvalue weighted by Gasteiger charge is 2.13. The number of carbonyl (C=O) groups is 1. The molecule has 0 saturated heterocycles. The van der Waals surface area contributed by atoms with Crippen molar-refractivity contribution in [1.82, 2.24) is 5.32 Å². The molecular weight excluding hydrogens is 322 g/mol. The molecule has 0 radical (unpaired) electrons. The third kappa shape index (κ3) is 4.98. The summed E-state index contributed by atoms with van der Waals surface area (Å²) in [4.78, 5) is 11.8. The van der Waals surface area contributed by atoms with Gasteiger partial charge in [0, 0.05) is 16.1 Å². The summed E-state index contributed by atoms with van der Waals surface area (Å²) in [5.41, 5.74) is 0.808. The van der Waals surface area contributed by atoms with Crippen LogP contribution in [0.15, 0.2) is 28.7 Å². The maximum absolute atomic E-state index is 11.8. The fourth-order valence-electron chi connectivity index (χ4n) is 1.65. The van der Waals surface area contributed by atoms with E-state index in [1.807, 2.05) is 32.0 Å². The normalized spacial score (nSPS) is 12.7. The van der Waals surface area contributed by atoms with Gasteiger partial charge in [-0.1, -0.05) is 29.8 Å². The molecule has 110 valence electrons. The van der Waals surface area contributed by atoms with Crippen molar-refractivity contribution < 1.29 is 14.6 Å². The van der Waals surface area contributed by atoms with Crippen LogP contribution in [0.25, 0.3) is 6.08 Å². The molecule has 0 aliphatic rings. The van der Waals surface area contributed by atoms with Crippen LogP contribution in [0.3, 0.4) is 0 Å². The molecule has 5 heteroatoms. The zero-order chi connectivity index (χ0) is 15.1. The van der Waals surface area contributed by atoms with Gasteiger partial charge in [0.05, 0.1) is 19.8 Å².